The fourth-order valence-corrected chi connectivity index (χ4v) is 5.92. The second-order valence-corrected chi connectivity index (χ2v) is 12.9. The van der Waals surface area contributed by atoms with Crippen LogP contribution in [0.2, 0.25) is 0 Å². The highest BCUT2D eigenvalue weighted by molar-refractivity contribution is 5.34. The summed E-state index contributed by atoms with van der Waals surface area (Å²) >= 11 is 0. The van der Waals surface area contributed by atoms with Crippen LogP contribution in [0.4, 0.5) is 8.78 Å². The average molecular weight is 595 g/mol. The molecule has 0 saturated heterocycles. The van der Waals surface area contributed by atoms with E-state index >= 15 is 8.78 Å². The van der Waals surface area contributed by atoms with Crippen LogP contribution in [0.3, 0.4) is 0 Å². The van der Waals surface area contributed by atoms with Crippen molar-refractivity contribution in [1.82, 2.24) is 0 Å². The van der Waals surface area contributed by atoms with Gasteiger partial charge in [0, 0.05) is 12.1 Å². The average Bonchev–Trinajstić information content (AvgIpc) is 2.99. The maximum absolute atomic E-state index is 15.0. The molecule has 2 unspecified atom stereocenters. The third kappa shape index (κ3) is 19.8. The summed E-state index contributed by atoms with van der Waals surface area (Å²) in [5.41, 5.74) is 0. The lowest BCUT2D eigenvalue weighted by Gasteiger charge is -2.20. The Kier molecular flexibility index (Phi) is 25.1. The van der Waals surface area contributed by atoms with Gasteiger partial charge in [0.15, 0.2) is 23.1 Å². The Morgan fingerprint density at radius 2 is 0.690 bits per heavy atom. The smallest absolute Gasteiger partial charge is 0.168 e. The van der Waals surface area contributed by atoms with E-state index in [1.807, 2.05) is 0 Å². The largest absolute Gasteiger partial charge is 0.490 e. The van der Waals surface area contributed by atoms with Crippen molar-refractivity contribution < 1.29 is 18.3 Å². The van der Waals surface area contributed by atoms with E-state index in [9.17, 15) is 0 Å². The molecule has 0 aromatic heterocycles. The van der Waals surface area contributed by atoms with Crippen LogP contribution in [-0.4, -0.2) is 13.2 Å². The van der Waals surface area contributed by atoms with Crippen LogP contribution in [-0.2, 0) is 0 Å². The van der Waals surface area contributed by atoms with E-state index in [2.05, 4.69) is 27.7 Å². The Balaban J connectivity index is 2.66. The Morgan fingerprint density at radius 1 is 0.429 bits per heavy atom. The molecule has 4 heteroatoms. The van der Waals surface area contributed by atoms with Gasteiger partial charge in [0.1, 0.15) is 0 Å². The molecule has 0 heterocycles. The van der Waals surface area contributed by atoms with Crippen LogP contribution in [0.25, 0.3) is 0 Å². The highest BCUT2D eigenvalue weighted by Crippen LogP contribution is 2.29. The summed E-state index contributed by atoms with van der Waals surface area (Å²) in [7, 11) is 0. The minimum Gasteiger partial charge on any atom is -0.490 e. The summed E-state index contributed by atoms with van der Waals surface area (Å²) in [6.07, 6.45) is 29.4. The highest BCUT2D eigenvalue weighted by Gasteiger charge is 2.17. The van der Waals surface area contributed by atoms with Gasteiger partial charge in [0.25, 0.3) is 0 Å². The van der Waals surface area contributed by atoms with E-state index in [1.165, 1.54) is 141 Å². The molecule has 2 atom stereocenters. The predicted molar refractivity (Wildman–Crippen MR) is 178 cm³/mol. The molecule has 2 nitrogen and oxygen atoms in total. The van der Waals surface area contributed by atoms with Crippen molar-refractivity contribution in [3.05, 3.63) is 23.8 Å². The van der Waals surface area contributed by atoms with Crippen LogP contribution in [0, 0.1) is 23.5 Å². The molecule has 0 saturated carbocycles. The van der Waals surface area contributed by atoms with Crippen molar-refractivity contribution in [2.45, 2.75) is 182 Å². The summed E-state index contributed by atoms with van der Waals surface area (Å²) < 4.78 is 41.9. The highest BCUT2D eigenvalue weighted by atomic mass is 19.1. The Morgan fingerprint density at radius 3 is 1.00 bits per heavy atom. The monoisotopic (exact) mass is 595 g/mol. The summed E-state index contributed by atoms with van der Waals surface area (Å²) in [5.74, 6) is -0.227. The van der Waals surface area contributed by atoms with Crippen LogP contribution in [0.15, 0.2) is 12.1 Å². The molecule has 42 heavy (non-hydrogen) atoms. The van der Waals surface area contributed by atoms with E-state index in [0.29, 0.717) is 25.0 Å². The molecule has 0 bridgehead atoms. The van der Waals surface area contributed by atoms with E-state index in [1.54, 1.807) is 0 Å². The number of hydrogen-bond donors (Lipinski definition) is 0. The lowest BCUT2D eigenvalue weighted by Crippen LogP contribution is -2.15. The first-order valence-corrected chi connectivity index (χ1v) is 18.3. The third-order valence-electron chi connectivity index (χ3n) is 8.80. The molecule has 0 aliphatic carbocycles. The molecule has 0 fully saturated rings. The molecule has 1 aromatic carbocycles. The van der Waals surface area contributed by atoms with Crippen molar-refractivity contribution in [1.29, 1.82) is 0 Å². The second-order valence-electron chi connectivity index (χ2n) is 12.9. The SMILES string of the molecule is CCCCCCCCC(CCCCCC)COc1cc(F)c(OCC(CCCCCC)CCCCCCCC)cc1F. The predicted octanol–water partition coefficient (Wildman–Crippen LogP) is 13.4. The van der Waals surface area contributed by atoms with E-state index < -0.39 is 11.6 Å². The second kappa shape index (κ2) is 27.2. The summed E-state index contributed by atoms with van der Waals surface area (Å²) in [5, 5.41) is 0. The zero-order chi connectivity index (χ0) is 30.7. The van der Waals surface area contributed by atoms with E-state index in [-0.39, 0.29) is 11.5 Å². The van der Waals surface area contributed by atoms with Crippen molar-refractivity contribution in [3.8, 4) is 11.5 Å². The zero-order valence-electron chi connectivity index (χ0n) is 28.3. The molecule has 0 spiro atoms. The van der Waals surface area contributed by atoms with Crippen LogP contribution < -0.4 is 9.47 Å². The zero-order valence-corrected chi connectivity index (χ0v) is 28.3. The lowest BCUT2D eigenvalue weighted by molar-refractivity contribution is 0.206. The van der Waals surface area contributed by atoms with Crippen LogP contribution in [0.5, 0.6) is 11.5 Å². The quantitative estimate of drug-likeness (QED) is 0.0825. The van der Waals surface area contributed by atoms with Gasteiger partial charge in [0.2, 0.25) is 0 Å². The Labute approximate surface area is 260 Å². The van der Waals surface area contributed by atoms with Gasteiger partial charge in [-0.25, -0.2) is 8.78 Å². The standard InChI is InChI=1S/C38H68F2O2/c1-5-9-13-17-19-23-27-33(25-21-15-11-7-3)31-41-37-29-36(40)38(30-35(37)39)42-32-34(26-22-16-12-8-4)28-24-20-18-14-10-6-2/h29-30,33-34H,5-28,31-32H2,1-4H3. The fraction of sp³-hybridized carbons (Fsp3) is 0.842. The summed E-state index contributed by atoms with van der Waals surface area (Å²) in [4.78, 5) is 0. The van der Waals surface area contributed by atoms with Crippen LogP contribution in [0.1, 0.15) is 182 Å². The molecular weight excluding hydrogens is 526 g/mol. The summed E-state index contributed by atoms with van der Waals surface area (Å²) in [6.45, 7) is 9.85. The molecule has 1 rings (SSSR count). The third-order valence-corrected chi connectivity index (χ3v) is 8.80. The first-order chi connectivity index (χ1) is 20.5. The minimum atomic E-state index is -0.522. The van der Waals surface area contributed by atoms with Crippen molar-refractivity contribution >= 4 is 0 Å². The normalized spacial score (nSPS) is 12.9. The van der Waals surface area contributed by atoms with Crippen LogP contribution >= 0.6 is 0 Å². The number of rotatable bonds is 30. The first-order valence-electron chi connectivity index (χ1n) is 18.3. The van der Waals surface area contributed by atoms with Crippen molar-refractivity contribution in [2.24, 2.45) is 11.8 Å². The van der Waals surface area contributed by atoms with Gasteiger partial charge in [-0.3, -0.25) is 0 Å². The maximum atomic E-state index is 15.0. The molecule has 1 aromatic rings. The Hall–Kier alpha value is -1.32. The van der Waals surface area contributed by atoms with Gasteiger partial charge in [-0.05, 0) is 37.5 Å². The lowest BCUT2D eigenvalue weighted by atomic mass is 9.95. The molecule has 0 radical (unpaired) electrons. The van der Waals surface area contributed by atoms with Gasteiger partial charge in [-0.1, -0.05) is 156 Å². The number of halogens is 2. The number of ether oxygens (including phenoxy) is 2. The molecular formula is C38H68F2O2. The number of unbranched alkanes of at least 4 members (excludes halogenated alkanes) is 16. The Bertz CT molecular complexity index is 676. The van der Waals surface area contributed by atoms with Gasteiger partial charge in [-0.2, -0.15) is 0 Å². The molecule has 0 N–H and O–H groups in total. The topological polar surface area (TPSA) is 18.5 Å². The molecule has 0 aliphatic rings. The first kappa shape index (κ1) is 38.7. The molecule has 0 aliphatic heterocycles. The molecule has 0 amide bonds. The number of hydrogen-bond acceptors (Lipinski definition) is 2. The van der Waals surface area contributed by atoms with Crippen molar-refractivity contribution in [3.63, 3.8) is 0 Å². The van der Waals surface area contributed by atoms with Gasteiger partial charge >= 0.3 is 0 Å². The maximum Gasteiger partial charge on any atom is 0.168 e. The van der Waals surface area contributed by atoms with Crippen molar-refractivity contribution in [2.75, 3.05) is 13.2 Å². The van der Waals surface area contributed by atoms with Gasteiger partial charge < -0.3 is 9.47 Å². The van der Waals surface area contributed by atoms with Gasteiger partial charge in [0.05, 0.1) is 13.2 Å². The number of benzene rings is 1. The fourth-order valence-electron chi connectivity index (χ4n) is 5.92. The van der Waals surface area contributed by atoms with E-state index in [4.69, 9.17) is 9.47 Å². The van der Waals surface area contributed by atoms with E-state index in [0.717, 1.165) is 25.7 Å². The van der Waals surface area contributed by atoms with Gasteiger partial charge in [-0.15, -0.1) is 0 Å². The minimum absolute atomic E-state index is 0.0181. The molecule has 246 valence electrons. The summed E-state index contributed by atoms with van der Waals surface area (Å²) in [6, 6.07) is 2.40.